The van der Waals surface area contributed by atoms with E-state index in [1.165, 1.54) is 17.1 Å². The molecule has 0 bridgehead atoms. The number of halogens is 1. The lowest BCUT2D eigenvalue weighted by molar-refractivity contribution is 0.00578. The molecule has 1 aromatic carbocycles. The molecule has 0 amide bonds. The van der Waals surface area contributed by atoms with Crippen LogP contribution >= 0.6 is 23.4 Å². The van der Waals surface area contributed by atoms with Gasteiger partial charge in [-0.25, -0.2) is 0 Å². The van der Waals surface area contributed by atoms with E-state index in [9.17, 15) is 0 Å². The third kappa shape index (κ3) is 3.74. The van der Waals surface area contributed by atoms with Crippen molar-refractivity contribution in [3.05, 3.63) is 28.8 Å². The number of hydrogen-bond acceptors (Lipinski definition) is 4. The monoisotopic (exact) mass is 353 g/mol. The van der Waals surface area contributed by atoms with Gasteiger partial charge in [-0.3, -0.25) is 4.90 Å². The Morgan fingerprint density at radius 2 is 1.74 bits per heavy atom. The van der Waals surface area contributed by atoms with Gasteiger partial charge >= 0.3 is 7.12 Å². The van der Waals surface area contributed by atoms with Gasteiger partial charge in [-0.1, -0.05) is 23.7 Å². The fraction of sp³-hybridized carbons (Fsp3) is 0.647. The molecule has 0 unspecified atom stereocenters. The fourth-order valence-corrected chi connectivity index (χ4v) is 4.05. The predicted molar refractivity (Wildman–Crippen MR) is 99.8 cm³/mol. The minimum atomic E-state index is -0.349. The molecule has 6 heteroatoms. The quantitative estimate of drug-likeness (QED) is 0.778. The molecule has 0 saturated carbocycles. The number of thioether (sulfide) groups is 1. The first kappa shape index (κ1) is 17.6. The van der Waals surface area contributed by atoms with Crippen LogP contribution in [0.15, 0.2) is 18.2 Å². The van der Waals surface area contributed by atoms with Crippen LogP contribution in [0.5, 0.6) is 0 Å². The Morgan fingerprint density at radius 3 is 2.30 bits per heavy atom. The first-order chi connectivity index (χ1) is 10.8. The van der Waals surface area contributed by atoms with Gasteiger partial charge in [0.15, 0.2) is 0 Å². The summed E-state index contributed by atoms with van der Waals surface area (Å²) in [5.41, 5.74) is 1.52. The lowest BCUT2D eigenvalue weighted by Gasteiger charge is -2.32. The summed E-state index contributed by atoms with van der Waals surface area (Å²) >= 11 is 8.55. The van der Waals surface area contributed by atoms with E-state index in [1.54, 1.807) is 0 Å². The highest BCUT2D eigenvalue weighted by Crippen LogP contribution is 2.36. The summed E-state index contributed by atoms with van der Waals surface area (Å²) in [5.74, 6) is 2.42. The van der Waals surface area contributed by atoms with E-state index < -0.39 is 0 Å². The molecule has 0 spiro atoms. The summed E-state index contributed by atoms with van der Waals surface area (Å²) in [7, 11) is -0.349. The van der Waals surface area contributed by atoms with Crippen molar-refractivity contribution in [2.75, 3.05) is 24.6 Å². The standard InChI is InChI=1S/C17H25BClNO2S/c1-16(2)17(3,4)22-18(21-16)14-6-5-13(15(19)11-14)12-20-7-9-23-10-8-20/h5-6,11H,7-10,12H2,1-4H3. The maximum atomic E-state index is 6.53. The molecule has 2 saturated heterocycles. The van der Waals surface area contributed by atoms with E-state index in [2.05, 4.69) is 44.7 Å². The molecule has 23 heavy (non-hydrogen) atoms. The van der Waals surface area contributed by atoms with Crippen molar-refractivity contribution in [3.63, 3.8) is 0 Å². The average Bonchev–Trinajstić information content (AvgIpc) is 2.71. The van der Waals surface area contributed by atoms with Crippen molar-refractivity contribution in [2.24, 2.45) is 0 Å². The minimum Gasteiger partial charge on any atom is -0.399 e. The van der Waals surface area contributed by atoms with Crippen LogP contribution in [-0.2, 0) is 15.9 Å². The van der Waals surface area contributed by atoms with E-state index >= 15 is 0 Å². The summed E-state index contributed by atoms with van der Waals surface area (Å²) < 4.78 is 12.2. The van der Waals surface area contributed by atoms with E-state index in [0.717, 1.165) is 30.1 Å². The topological polar surface area (TPSA) is 21.7 Å². The summed E-state index contributed by atoms with van der Waals surface area (Å²) in [6.07, 6.45) is 0. The van der Waals surface area contributed by atoms with Crippen molar-refractivity contribution in [2.45, 2.75) is 45.4 Å². The predicted octanol–water partition coefficient (Wildman–Crippen LogP) is 3.19. The maximum Gasteiger partial charge on any atom is 0.494 e. The normalized spacial score (nSPS) is 24.1. The average molecular weight is 354 g/mol. The van der Waals surface area contributed by atoms with Crippen LogP contribution in [0, 0.1) is 0 Å². The van der Waals surface area contributed by atoms with Gasteiger partial charge < -0.3 is 9.31 Å². The van der Waals surface area contributed by atoms with Crippen LogP contribution in [0.25, 0.3) is 0 Å². The Morgan fingerprint density at radius 1 is 1.13 bits per heavy atom. The second kappa shape index (κ2) is 6.60. The largest absolute Gasteiger partial charge is 0.494 e. The van der Waals surface area contributed by atoms with Crippen molar-refractivity contribution in [1.29, 1.82) is 0 Å². The lowest BCUT2D eigenvalue weighted by atomic mass is 9.79. The molecular weight excluding hydrogens is 329 g/mol. The summed E-state index contributed by atoms with van der Waals surface area (Å²) in [4.78, 5) is 2.46. The van der Waals surface area contributed by atoms with E-state index in [1.807, 2.05) is 17.8 Å². The van der Waals surface area contributed by atoms with E-state index in [-0.39, 0.29) is 18.3 Å². The highest BCUT2D eigenvalue weighted by molar-refractivity contribution is 7.99. The molecule has 3 nitrogen and oxygen atoms in total. The van der Waals surface area contributed by atoms with Crippen LogP contribution in [0.1, 0.15) is 33.3 Å². The number of nitrogens with zero attached hydrogens (tertiary/aromatic N) is 1. The summed E-state index contributed by atoms with van der Waals surface area (Å²) in [5, 5.41) is 0.801. The van der Waals surface area contributed by atoms with Gasteiger partial charge in [0.25, 0.3) is 0 Å². The zero-order valence-electron chi connectivity index (χ0n) is 14.4. The molecule has 0 atom stereocenters. The number of rotatable bonds is 3. The van der Waals surface area contributed by atoms with Gasteiger partial charge in [-0.2, -0.15) is 11.8 Å². The molecule has 2 aliphatic heterocycles. The Labute approximate surface area is 149 Å². The van der Waals surface area contributed by atoms with Gasteiger partial charge in [-0.05, 0) is 44.8 Å². The van der Waals surface area contributed by atoms with Crippen molar-refractivity contribution >= 4 is 35.9 Å². The first-order valence-corrected chi connectivity index (χ1v) is 9.76. The minimum absolute atomic E-state index is 0.325. The molecule has 2 heterocycles. The highest BCUT2D eigenvalue weighted by atomic mass is 35.5. The van der Waals surface area contributed by atoms with Crippen LogP contribution in [0.2, 0.25) is 5.02 Å². The molecule has 2 aliphatic rings. The molecule has 1 aromatic rings. The SMILES string of the molecule is CC1(C)OB(c2ccc(CN3CCSCC3)c(Cl)c2)OC1(C)C. The molecule has 126 valence electrons. The van der Waals surface area contributed by atoms with E-state index in [4.69, 9.17) is 20.9 Å². The second-order valence-electron chi connectivity index (χ2n) is 7.33. The number of hydrogen-bond donors (Lipinski definition) is 0. The van der Waals surface area contributed by atoms with Crippen LogP contribution in [-0.4, -0.2) is 47.8 Å². The van der Waals surface area contributed by atoms with Crippen LogP contribution < -0.4 is 5.46 Å². The summed E-state index contributed by atoms with van der Waals surface area (Å²) in [6, 6.07) is 6.20. The van der Waals surface area contributed by atoms with E-state index in [0.29, 0.717) is 0 Å². The van der Waals surface area contributed by atoms with Gasteiger partial charge in [0.2, 0.25) is 0 Å². The lowest BCUT2D eigenvalue weighted by Crippen LogP contribution is -2.41. The maximum absolute atomic E-state index is 6.53. The van der Waals surface area contributed by atoms with Gasteiger partial charge in [0.05, 0.1) is 11.2 Å². The van der Waals surface area contributed by atoms with Crippen LogP contribution in [0.3, 0.4) is 0 Å². The summed E-state index contributed by atoms with van der Waals surface area (Å²) in [6.45, 7) is 11.5. The first-order valence-electron chi connectivity index (χ1n) is 8.22. The Kier molecular flexibility index (Phi) is 5.06. The fourth-order valence-electron chi connectivity index (χ4n) is 2.82. The van der Waals surface area contributed by atoms with Gasteiger partial charge in [-0.15, -0.1) is 0 Å². The smallest absolute Gasteiger partial charge is 0.399 e. The Balaban J connectivity index is 1.72. The molecule has 0 radical (unpaired) electrons. The third-order valence-electron chi connectivity index (χ3n) is 5.10. The molecule has 2 fully saturated rings. The van der Waals surface area contributed by atoms with Crippen LogP contribution in [0.4, 0.5) is 0 Å². The highest BCUT2D eigenvalue weighted by Gasteiger charge is 2.51. The van der Waals surface area contributed by atoms with Gasteiger partial charge in [0.1, 0.15) is 0 Å². The van der Waals surface area contributed by atoms with Crippen molar-refractivity contribution < 1.29 is 9.31 Å². The van der Waals surface area contributed by atoms with Crippen molar-refractivity contribution in [1.82, 2.24) is 4.90 Å². The van der Waals surface area contributed by atoms with Crippen molar-refractivity contribution in [3.8, 4) is 0 Å². The zero-order valence-corrected chi connectivity index (χ0v) is 16.0. The molecule has 0 aromatic heterocycles. The van der Waals surface area contributed by atoms with Gasteiger partial charge in [0, 0.05) is 36.2 Å². The molecule has 0 aliphatic carbocycles. The molecule has 3 rings (SSSR count). The Hall–Kier alpha value is -0.195. The molecular formula is C17H25BClNO2S. The third-order valence-corrected chi connectivity index (χ3v) is 6.39. The zero-order chi connectivity index (χ0) is 16.7. The second-order valence-corrected chi connectivity index (χ2v) is 8.96. The Bertz CT molecular complexity index is 560. The number of benzene rings is 1. The molecule has 0 N–H and O–H groups in total.